The fourth-order valence-electron chi connectivity index (χ4n) is 0.672. The summed E-state index contributed by atoms with van der Waals surface area (Å²) in [6, 6.07) is 0. The van der Waals surface area contributed by atoms with Crippen LogP contribution < -0.4 is 0 Å². The summed E-state index contributed by atoms with van der Waals surface area (Å²) in [5.41, 5.74) is 1.40. The molecule has 0 saturated heterocycles. The molecule has 56 valence electrons. The molecule has 0 bridgehead atoms. The van der Waals surface area contributed by atoms with Crippen LogP contribution in [0.5, 0.6) is 0 Å². The summed E-state index contributed by atoms with van der Waals surface area (Å²) in [5, 5.41) is 1.04. The van der Waals surface area contributed by atoms with Gasteiger partial charge in [-0.25, -0.2) is 0 Å². The van der Waals surface area contributed by atoms with Crippen LogP contribution in [-0.4, -0.2) is 5.33 Å². The summed E-state index contributed by atoms with van der Waals surface area (Å²) in [5.74, 6) is 2.62. The summed E-state index contributed by atoms with van der Waals surface area (Å²) in [4.78, 5) is 0. The van der Waals surface area contributed by atoms with Crippen LogP contribution in [0.25, 0.3) is 0 Å². The Morgan fingerprint density at radius 3 is 2.90 bits per heavy atom. The van der Waals surface area contributed by atoms with E-state index in [9.17, 15) is 0 Å². The van der Waals surface area contributed by atoms with Crippen LogP contribution in [0.3, 0.4) is 0 Å². The van der Waals surface area contributed by atoms with E-state index in [0.717, 1.165) is 24.6 Å². The van der Waals surface area contributed by atoms with E-state index in [4.69, 9.17) is 6.42 Å². The maximum atomic E-state index is 5.12. The molecule has 0 rings (SSSR count). The summed E-state index contributed by atoms with van der Waals surface area (Å²) in [7, 11) is 0. The van der Waals surface area contributed by atoms with Gasteiger partial charge >= 0.3 is 0 Å². The largest absolute Gasteiger partial charge is 0.120 e. The zero-order valence-electron chi connectivity index (χ0n) is 6.36. The van der Waals surface area contributed by atoms with Gasteiger partial charge in [0.2, 0.25) is 0 Å². The van der Waals surface area contributed by atoms with Gasteiger partial charge < -0.3 is 0 Å². The van der Waals surface area contributed by atoms with Crippen molar-refractivity contribution in [3.8, 4) is 12.3 Å². The number of terminal acetylenes is 1. The minimum Gasteiger partial charge on any atom is -0.120 e. The Hall–Kier alpha value is -0.220. The third-order valence-electron chi connectivity index (χ3n) is 1.27. The Balaban J connectivity index is 3.41. The van der Waals surface area contributed by atoms with Crippen molar-refractivity contribution in [2.75, 3.05) is 5.33 Å². The minimum absolute atomic E-state index is 0.866. The van der Waals surface area contributed by atoms with Gasteiger partial charge in [0, 0.05) is 11.8 Å². The molecule has 10 heavy (non-hydrogen) atoms. The molecule has 0 spiro atoms. The minimum atomic E-state index is 0.866. The maximum Gasteiger partial charge on any atom is 0.0123 e. The number of hydrogen-bond donors (Lipinski definition) is 0. The Labute approximate surface area is 71.8 Å². The van der Waals surface area contributed by atoms with Crippen LogP contribution in [0, 0.1) is 12.3 Å². The molecule has 0 atom stereocenters. The lowest BCUT2D eigenvalue weighted by molar-refractivity contribution is 0.985. The molecule has 0 N–H and O–H groups in total. The highest BCUT2D eigenvalue weighted by Crippen LogP contribution is 2.04. The van der Waals surface area contributed by atoms with Gasteiger partial charge in [0.25, 0.3) is 0 Å². The molecule has 0 aromatic carbocycles. The van der Waals surface area contributed by atoms with Crippen molar-refractivity contribution in [1.29, 1.82) is 0 Å². The summed E-state index contributed by atoms with van der Waals surface area (Å²) in [6.45, 7) is 2.12. The Morgan fingerprint density at radius 2 is 2.40 bits per heavy atom. The third kappa shape index (κ3) is 5.91. The predicted molar refractivity (Wildman–Crippen MR) is 50.2 cm³/mol. The van der Waals surface area contributed by atoms with E-state index in [1.165, 1.54) is 5.57 Å². The van der Waals surface area contributed by atoms with Gasteiger partial charge in [0.05, 0.1) is 0 Å². The number of alkyl halides is 1. The molecule has 0 aliphatic carbocycles. The average molecular weight is 201 g/mol. The molecule has 1 heteroatoms. The van der Waals surface area contributed by atoms with Crippen LogP contribution in [-0.2, 0) is 0 Å². The zero-order chi connectivity index (χ0) is 7.82. The number of hydrogen-bond acceptors (Lipinski definition) is 0. The standard InChI is InChI=1S/C9H13Br/c1-3-4-6-9(2)7-5-8-10/h1,7H,4-6,8H2,2H3. The molecule has 0 aliphatic rings. The molecule has 0 heterocycles. The first-order valence-corrected chi connectivity index (χ1v) is 4.58. The van der Waals surface area contributed by atoms with Crippen molar-refractivity contribution in [3.63, 3.8) is 0 Å². The topological polar surface area (TPSA) is 0 Å². The molecule has 0 aromatic heterocycles. The average Bonchev–Trinajstić information content (AvgIpc) is 1.97. The molecule has 0 radical (unpaired) electrons. The Kier molecular flexibility index (Phi) is 6.74. The van der Waals surface area contributed by atoms with Crippen LogP contribution in [0.1, 0.15) is 26.2 Å². The van der Waals surface area contributed by atoms with E-state index < -0.39 is 0 Å². The second-order valence-corrected chi connectivity index (χ2v) is 3.03. The normalized spacial score (nSPS) is 11.1. The van der Waals surface area contributed by atoms with Crippen molar-refractivity contribution in [2.45, 2.75) is 26.2 Å². The number of allylic oxidation sites excluding steroid dienone is 2. The monoisotopic (exact) mass is 200 g/mol. The summed E-state index contributed by atoms with van der Waals surface area (Å²) in [6.07, 6.45) is 10.4. The number of halogens is 1. The number of rotatable bonds is 4. The Morgan fingerprint density at radius 1 is 1.70 bits per heavy atom. The molecule has 0 aliphatic heterocycles. The van der Waals surface area contributed by atoms with Gasteiger partial charge in [-0.2, -0.15) is 0 Å². The highest BCUT2D eigenvalue weighted by molar-refractivity contribution is 9.09. The van der Waals surface area contributed by atoms with E-state index in [-0.39, 0.29) is 0 Å². The fraction of sp³-hybridized carbons (Fsp3) is 0.556. The highest BCUT2D eigenvalue weighted by atomic mass is 79.9. The van der Waals surface area contributed by atoms with Crippen molar-refractivity contribution < 1.29 is 0 Å². The van der Waals surface area contributed by atoms with E-state index in [1.807, 2.05) is 0 Å². The van der Waals surface area contributed by atoms with E-state index in [0.29, 0.717) is 0 Å². The molecule has 0 nitrogen and oxygen atoms in total. The lowest BCUT2D eigenvalue weighted by Crippen LogP contribution is -1.76. The molecule has 0 amide bonds. The lowest BCUT2D eigenvalue weighted by Gasteiger charge is -1.94. The molecule has 0 aromatic rings. The molecule has 0 unspecified atom stereocenters. The lowest BCUT2D eigenvalue weighted by atomic mass is 10.1. The van der Waals surface area contributed by atoms with E-state index in [2.05, 4.69) is 34.9 Å². The van der Waals surface area contributed by atoms with Crippen molar-refractivity contribution in [1.82, 2.24) is 0 Å². The highest BCUT2D eigenvalue weighted by Gasteiger charge is 1.85. The SMILES string of the molecule is C#CCCC(C)=CCCBr. The second kappa shape index (κ2) is 6.89. The predicted octanol–water partition coefficient (Wildman–Crippen LogP) is 3.13. The van der Waals surface area contributed by atoms with Crippen LogP contribution in [0.15, 0.2) is 11.6 Å². The van der Waals surface area contributed by atoms with Gasteiger partial charge in [0.1, 0.15) is 0 Å². The van der Waals surface area contributed by atoms with Crippen molar-refractivity contribution >= 4 is 15.9 Å². The molecular weight excluding hydrogens is 188 g/mol. The zero-order valence-corrected chi connectivity index (χ0v) is 7.95. The van der Waals surface area contributed by atoms with Crippen LogP contribution in [0.4, 0.5) is 0 Å². The quantitative estimate of drug-likeness (QED) is 0.372. The van der Waals surface area contributed by atoms with Gasteiger partial charge in [-0.15, -0.1) is 12.3 Å². The summed E-state index contributed by atoms with van der Waals surface area (Å²) >= 11 is 3.36. The second-order valence-electron chi connectivity index (χ2n) is 2.23. The smallest absolute Gasteiger partial charge is 0.0123 e. The first-order valence-electron chi connectivity index (χ1n) is 3.46. The molecule has 0 saturated carbocycles. The van der Waals surface area contributed by atoms with Gasteiger partial charge in [-0.1, -0.05) is 27.6 Å². The first-order chi connectivity index (χ1) is 4.81. The van der Waals surface area contributed by atoms with Crippen molar-refractivity contribution in [3.05, 3.63) is 11.6 Å². The van der Waals surface area contributed by atoms with E-state index in [1.54, 1.807) is 0 Å². The fourth-order valence-corrected chi connectivity index (χ4v) is 0.901. The van der Waals surface area contributed by atoms with Crippen LogP contribution >= 0.6 is 15.9 Å². The molecule has 0 fully saturated rings. The van der Waals surface area contributed by atoms with E-state index >= 15 is 0 Å². The Bertz CT molecular complexity index is 139. The maximum absolute atomic E-state index is 5.12. The van der Waals surface area contributed by atoms with Gasteiger partial charge in [0.15, 0.2) is 0 Å². The van der Waals surface area contributed by atoms with Gasteiger partial charge in [-0.3, -0.25) is 0 Å². The third-order valence-corrected chi connectivity index (χ3v) is 1.72. The summed E-state index contributed by atoms with van der Waals surface area (Å²) < 4.78 is 0. The van der Waals surface area contributed by atoms with Crippen molar-refractivity contribution in [2.24, 2.45) is 0 Å². The van der Waals surface area contributed by atoms with Crippen LogP contribution in [0.2, 0.25) is 0 Å². The van der Waals surface area contributed by atoms with Gasteiger partial charge in [-0.05, 0) is 19.8 Å². The molecular formula is C9H13Br. The first kappa shape index (κ1) is 9.78.